The zero-order valence-electron chi connectivity index (χ0n) is 10.0. The zero-order chi connectivity index (χ0) is 14.5. The third kappa shape index (κ3) is 5.47. The van der Waals surface area contributed by atoms with Gasteiger partial charge >= 0.3 is 6.18 Å². The van der Waals surface area contributed by atoms with E-state index in [1.807, 2.05) is 5.32 Å². The Labute approximate surface area is 107 Å². The number of halogens is 3. The molecule has 1 rings (SSSR count). The van der Waals surface area contributed by atoms with Crippen molar-refractivity contribution in [2.45, 2.75) is 6.18 Å². The molecule has 8 heteroatoms. The first-order valence-corrected chi connectivity index (χ1v) is 5.26. The molecule has 1 amide bonds. The van der Waals surface area contributed by atoms with Crippen molar-refractivity contribution in [3.05, 3.63) is 18.2 Å². The summed E-state index contributed by atoms with van der Waals surface area (Å²) in [6.45, 7) is -1.72. The smallest absolute Gasteiger partial charge is 0.401 e. The highest BCUT2D eigenvalue weighted by Gasteiger charge is 2.26. The van der Waals surface area contributed by atoms with Gasteiger partial charge in [0, 0.05) is 11.8 Å². The quantitative estimate of drug-likeness (QED) is 0.763. The summed E-state index contributed by atoms with van der Waals surface area (Å²) < 4.78 is 40.3. The first kappa shape index (κ1) is 15.1. The Morgan fingerprint density at radius 1 is 1.42 bits per heavy atom. The maximum atomic E-state index is 11.8. The van der Waals surface area contributed by atoms with E-state index in [4.69, 9.17) is 4.74 Å². The minimum atomic E-state index is -4.36. The lowest BCUT2D eigenvalue weighted by Crippen LogP contribution is -2.35. The van der Waals surface area contributed by atoms with Gasteiger partial charge in [0.25, 0.3) is 0 Å². The predicted molar refractivity (Wildman–Crippen MR) is 62.2 cm³/mol. The molecule has 0 atom stereocenters. The average molecular weight is 278 g/mol. The molecular formula is C11H13F3N2O3. The second-order valence-corrected chi connectivity index (χ2v) is 3.65. The van der Waals surface area contributed by atoms with Crippen LogP contribution in [0.3, 0.4) is 0 Å². The van der Waals surface area contributed by atoms with Crippen LogP contribution in [0.5, 0.6) is 11.5 Å². The second-order valence-electron chi connectivity index (χ2n) is 3.65. The zero-order valence-corrected chi connectivity index (χ0v) is 10.0. The van der Waals surface area contributed by atoms with E-state index in [0.717, 1.165) is 0 Å². The van der Waals surface area contributed by atoms with Gasteiger partial charge in [-0.15, -0.1) is 0 Å². The summed E-state index contributed by atoms with van der Waals surface area (Å²) in [6, 6.07) is 4.12. The van der Waals surface area contributed by atoms with Crippen molar-refractivity contribution in [2.75, 3.05) is 25.5 Å². The summed E-state index contributed by atoms with van der Waals surface area (Å²) >= 11 is 0. The van der Waals surface area contributed by atoms with E-state index in [2.05, 4.69) is 5.32 Å². The van der Waals surface area contributed by atoms with Gasteiger partial charge in [-0.25, -0.2) is 0 Å². The fourth-order valence-corrected chi connectivity index (χ4v) is 1.29. The molecule has 1 aromatic carbocycles. The van der Waals surface area contributed by atoms with Gasteiger partial charge in [-0.05, 0) is 12.1 Å². The van der Waals surface area contributed by atoms with E-state index in [1.54, 1.807) is 0 Å². The van der Waals surface area contributed by atoms with Crippen LogP contribution in [0.2, 0.25) is 0 Å². The van der Waals surface area contributed by atoms with Crippen molar-refractivity contribution in [1.82, 2.24) is 5.32 Å². The first-order valence-electron chi connectivity index (χ1n) is 5.26. The lowest BCUT2D eigenvalue weighted by molar-refractivity contribution is -0.126. The van der Waals surface area contributed by atoms with Gasteiger partial charge in [-0.1, -0.05) is 0 Å². The van der Waals surface area contributed by atoms with E-state index in [-0.39, 0.29) is 17.2 Å². The molecule has 0 aromatic heterocycles. The van der Waals surface area contributed by atoms with Gasteiger partial charge in [0.15, 0.2) is 11.5 Å². The number of hydrogen-bond acceptors (Lipinski definition) is 4. The number of carbonyl (C=O) groups excluding carboxylic acids is 1. The number of phenolic OH excluding ortho intramolecular Hbond substituents is 1. The number of phenols is 1. The Kier molecular flexibility index (Phi) is 4.99. The van der Waals surface area contributed by atoms with Crippen LogP contribution in [0.25, 0.3) is 0 Å². The lowest BCUT2D eigenvalue weighted by atomic mass is 10.2. The van der Waals surface area contributed by atoms with E-state index in [1.165, 1.54) is 25.3 Å². The number of amides is 1. The molecular weight excluding hydrogens is 265 g/mol. The Balaban J connectivity index is 2.46. The summed E-state index contributed by atoms with van der Waals surface area (Å²) in [5, 5.41) is 13.7. The fourth-order valence-electron chi connectivity index (χ4n) is 1.29. The van der Waals surface area contributed by atoms with Crippen molar-refractivity contribution in [3.63, 3.8) is 0 Å². The standard InChI is InChI=1S/C11H13F3N2O3/c1-19-9-3-2-7(4-8(9)17)16-10(18)5-15-6-11(12,13)14/h2-4,15,17H,5-6H2,1H3,(H,16,18). The van der Waals surface area contributed by atoms with Crippen molar-refractivity contribution < 1.29 is 27.8 Å². The Morgan fingerprint density at radius 3 is 2.63 bits per heavy atom. The van der Waals surface area contributed by atoms with Crippen molar-refractivity contribution >= 4 is 11.6 Å². The van der Waals surface area contributed by atoms with Gasteiger partial charge in [-0.2, -0.15) is 13.2 Å². The van der Waals surface area contributed by atoms with Crippen LogP contribution in [-0.4, -0.2) is 37.4 Å². The van der Waals surface area contributed by atoms with Crippen LogP contribution in [0.1, 0.15) is 0 Å². The molecule has 19 heavy (non-hydrogen) atoms. The van der Waals surface area contributed by atoms with Gasteiger partial charge < -0.3 is 20.5 Å². The summed E-state index contributed by atoms with van der Waals surface area (Å²) in [7, 11) is 1.37. The summed E-state index contributed by atoms with van der Waals surface area (Å²) in [5.41, 5.74) is 0.261. The van der Waals surface area contributed by atoms with Crippen LogP contribution in [-0.2, 0) is 4.79 Å². The van der Waals surface area contributed by atoms with E-state index in [9.17, 15) is 23.1 Å². The van der Waals surface area contributed by atoms with E-state index >= 15 is 0 Å². The number of anilines is 1. The number of aromatic hydroxyl groups is 1. The minimum Gasteiger partial charge on any atom is -0.504 e. The Hall–Kier alpha value is -1.96. The maximum Gasteiger partial charge on any atom is 0.401 e. The number of rotatable bonds is 5. The average Bonchev–Trinajstić information content (AvgIpc) is 2.27. The van der Waals surface area contributed by atoms with Crippen LogP contribution >= 0.6 is 0 Å². The van der Waals surface area contributed by atoms with E-state index in [0.29, 0.717) is 0 Å². The molecule has 0 heterocycles. The maximum absolute atomic E-state index is 11.8. The fraction of sp³-hybridized carbons (Fsp3) is 0.364. The monoisotopic (exact) mass is 278 g/mol. The summed E-state index contributed by atoms with van der Waals surface area (Å²) in [5.74, 6) is -0.592. The summed E-state index contributed by atoms with van der Waals surface area (Å²) in [6.07, 6.45) is -4.36. The molecule has 0 bridgehead atoms. The minimum absolute atomic E-state index is 0.177. The number of carbonyl (C=O) groups is 1. The molecule has 0 saturated heterocycles. The highest BCUT2D eigenvalue weighted by Crippen LogP contribution is 2.28. The molecule has 0 aliphatic rings. The molecule has 0 radical (unpaired) electrons. The third-order valence-corrected chi connectivity index (χ3v) is 2.07. The van der Waals surface area contributed by atoms with Gasteiger partial charge in [0.1, 0.15) is 0 Å². The van der Waals surface area contributed by atoms with Crippen LogP contribution in [0.15, 0.2) is 18.2 Å². The first-order chi connectivity index (χ1) is 8.81. The molecule has 0 unspecified atom stereocenters. The lowest BCUT2D eigenvalue weighted by Gasteiger charge is -2.10. The van der Waals surface area contributed by atoms with Crippen molar-refractivity contribution in [1.29, 1.82) is 0 Å². The second kappa shape index (κ2) is 6.28. The molecule has 1 aromatic rings. The normalized spacial score (nSPS) is 11.2. The molecule has 0 aliphatic heterocycles. The highest BCUT2D eigenvalue weighted by atomic mass is 19.4. The van der Waals surface area contributed by atoms with Gasteiger partial charge in [-0.3, -0.25) is 4.79 Å². The van der Waals surface area contributed by atoms with Gasteiger partial charge in [0.2, 0.25) is 5.91 Å². The van der Waals surface area contributed by atoms with Crippen molar-refractivity contribution in [3.8, 4) is 11.5 Å². The number of alkyl halides is 3. The van der Waals surface area contributed by atoms with Crippen LogP contribution < -0.4 is 15.4 Å². The molecule has 0 aliphatic carbocycles. The van der Waals surface area contributed by atoms with Crippen molar-refractivity contribution in [2.24, 2.45) is 0 Å². The Morgan fingerprint density at radius 2 is 2.11 bits per heavy atom. The molecule has 5 nitrogen and oxygen atoms in total. The number of ether oxygens (including phenoxy) is 1. The topological polar surface area (TPSA) is 70.6 Å². The van der Waals surface area contributed by atoms with Crippen LogP contribution in [0.4, 0.5) is 18.9 Å². The number of benzene rings is 1. The molecule has 0 spiro atoms. The van der Waals surface area contributed by atoms with Crippen LogP contribution in [0, 0.1) is 0 Å². The number of methoxy groups -OCH3 is 1. The number of nitrogens with one attached hydrogen (secondary N) is 2. The highest BCUT2D eigenvalue weighted by molar-refractivity contribution is 5.92. The number of hydrogen-bond donors (Lipinski definition) is 3. The predicted octanol–water partition coefficient (Wildman–Crippen LogP) is 1.49. The summed E-state index contributed by atoms with van der Waals surface area (Å²) in [4.78, 5) is 11.3. The molecule has 0 fully saturated rings. The third-order valence-electron chi connectivity index (χ3n) is 2.07. The SMILES string of the molecule is COc1ccc(NC(=O)CNCC(F)(F)F)cc1O. The molecule has 0 saturated carbocycles. The molecule has 106 valence electrons. The Bertz CT molecular complexity index is 449. The largest absolute Gasteiger partial charge is 0.504 e. The van der Waals surface area contributed by atoms with E-state index < -0.39 is 25.2 Å². The van der Waals surface area contributed by atoms with Gasteiger partial charge in [0.05, 0.1) is 20.2 Å². The molecule has 3 N–H and O–H groups in total.